The summed E-state index contributed by atoms with van der Waals surface area (Å²) in [5.74, 6) is 0.285. The maximum absolute atomic E-state index is 12.6. The van der Waals surface area contributed by atoms with Crippen LogP contribution in [0.4, 0.5) is 5.95 Å². The van der Waals surface area contributed by atoms with Gasteiger partial charge in [0.1, 0.15) is 0 Å². The van der Waals surface area contributed by atoms with Crippen LogP contribution in [-0.4, -0.2) is 83.3 Å². The number of nitrogens with zero attached hydrogens (tertiary/aromatic N) is 5. The number of hydrogen-bond acceptors (Lipinski definition) is 7. The first-order valence-electron chi connectivity index (χ1n) is 8.92. The second-order valence-electron chi connectivity index (χ2n) is 7.21. The number of nitrogens with one attached hydrogen (secondary N) is 1. The Bertz CT molecular complexity index is 718. The van der Waals surface area contributed by atoms with Gasteiger partial charge in [-0.3, -0.25) is 24.6 Å². The van der Waals surface area contributed by atoms with Gasteiger partial charge in [-0.05, 0) is 12.5 Å². The molecule has 1 aromatic rings. The Kier molecular flexibility index (Phi) is 4.31. The lowest BCUT2D eigenvalue weighted by Gasteiger charge is -2.35. The number of imide groups is 1. The van der Waals surface area contributed by atoms with Crippen molar-refractivity contribution in [1.82, 2.24) is 25.1 Å². The summed E-state index contributed by atoms with van der Waals surface area (Å²) in [6.45, 7) is 4.31. The quantitative estimate of drug-likeness (QED) is 0.682. The summed E-state index contributed by atoms with van der Waals surface area (Å²) >= 11 is 0. The molecule has 26 heavy (non-hydrogen) atoms. The summed E-state index contributed by atoms with van der Waals surface area (Å²) in [6.07, 6.45) is 4.22. The molecule has 3 aliphatic heterocycles. The van der Waals surface area contributed by atoms with Gasteiger partial charge < -0.3 is 9.80 Å². The summed E-state index contributed by atoms with van der Waals surface area (Å²) in [5.41, 5.74) is -0.698. The zero-order valence-electron chi connectivity index (χ0n) is 14.6. The van der Waals surface area contributed by atoms with Crippen molar-refractivity contribution in [3.05, 3.63) is 18.5 Å². The molecular formula is C17H22N6O3. The predicted molar refractivity (Wildman–Crippen MR) is 92.1 cm³/mol. The highest BCUT2D eigenvalue weighted by Gasteiger charge is 2.51. The Balaban J connectivity index is 1.29. The molecule has 0 aromatic carbocycles. The highest BCUT2D eigenvalue weighted by Crippen LogP contribution is 2.37. The fourth-order valence-electron chi connectivity index (χ4n) is 3.96. The largest absolute Gasteiger partial charge is 0.340 e. The number of amides is 3. The third kappa shape index (κ3) is 3.14. The van der Waals surface area contributed by atoms with Gasteiger partial charge in [-0.15, -0.1) is 0 Å². The zero-order valence-corrected chi connectivity index (χ0v) is 14.6. The van der Waals surface area contributed by atoms with Crippen LogP contribution in [0.15, 0.2) is 18.5 Å². The fourth-order valence-corrected chi connectivity index (χ4v) is 3.96. The van der Waals surface area contributed by atoms with E-state index in [9.17, 15) is 14.4 Å². The van der Waals surface area contributed by atoms with Crippen LogP contribution >= 0.6 is 0 Å². The Morgan fingerprint density at radius 2 is 1.85 bits per heavy atom. The van der Waals surface area contributed by atoms with E-state index in [1.54, 1.807) is 23.4 Å². The highest BCUT2D eigenvalue weighted by atomic mass is 16.2. The van der Waals surface area contributed by atoms with Crippen molar-refractivity contribution in [3.63, 3.8) is 0 Å². The van der Waals surface area contributed by atoms with Crippen molar-refractivity contribution in [2.24, 2.45) is 5.41 Å². The van der Waals surface area contributed by atoms with Gasteiger partial charge in [0.05, 0.1) is 12.0 Å². The third-order valence-electron chi connectivity index (χ3n) is 5.51. The predicted octanol–water partition coefficient (Wildman–Crippen LogP) is -1.14. The van der Waals surface area contributed by atoms with E-state index in [1.807, 2.05) is 0 Å². The lowest BCUT2D eigenvalue weighted by atomic mass is 9.85. The lowest BCUT2D eigenvalue weighted by molar-refractivity contribution is -0.132. The number of aromatic nitrogens is 2. The minimum absolute atomic E-state index is 0.0263. The number of rotatable bonds is 3. The summed E-state index contributed by atoms with van der Waals surface area (Å²) in [5, 5.41) is 2.37. The first-order chi connectivity index (χ1) is 12.6. The topological polar surface area (TPSA) is 98.7 Å². The molecule has 0 unspecified atom stereocenters. The van der Waals surface area contributed by atoms with Gasteiger partial charge in [0.25, 0.3) is 0 Å². The first kappa shape index (κ1) is 16.9. The Labute approximate surface area is 151 Å². The molecule has 0 saturated carbocycles. The number of carbonyl (C=O) groups excluding carboxylic acids is 3. The molecule has 4 rings (SSSR count). The van der Waals surface area contributed by atoms with Gasteiger partial charge in [0.2, 0.25) is 23.7 Å². The van der Waals surface area contributed by atoms with Gasteiger partial charge in [-0.25, -0.2) is 9.97 Å². The molecule has 3 fully saturated rings. The van der Waals surface area contributed by atoms with Crippen molar-refractivity contribution in [1.29, 1.82) is 0 Å². The van der Waals surface area contributed by atoms with Crippen molar-refractivity contribution in [2.45, 2.75) is 12.8 Å². The molecule has 1 spiro atoms. The minimum Gasteiger partial charge on any atom is -0.340 e. The van der Waals surface area contributed by atoms with E-state index in [0.717, 1.165) is 32.1 Å². The number of hydrogen-bond donors (Lipinski definition) is 1. The molecule has 138 valence electrons. The Morgan fingerprint density at radius 1 is 1.12 bits per heavy atom. The van der Waals surface area contributed by atoms with Gasteiger partial charge in [0, 0.05) is 58.1 Å². The van der Waals surface area contributed by atoms with Gasteiger partial charge >= 0.3 is 0 Å². The fraction of sp³-hybridized carbons (Fsp3) is 0.588. The summed E-state index contributed by atoms with van der Waals surface area (Å²) in [4.78, 5) is 50.6. The molecule has 3 amide bonds. The van der Waals surface area contributed by atoms with Crippen LogP contribution in [0, 0.1) is 5.41 Å². The van der Waals surface area contributed by atoms with Crippen LogP contribution in [0.1, 0.15) is 12.8 Å². The molecule has 0 bridgehead atoms. The molecule has 9 nitrogen and oxygen atoms in total. The zero-order chi connectivity index (χ0) is 18.1. The SMILES string of the molecule is O=C1C[C@]2(CCN(C(=O)CN3CCN(c4ncccn4)CC3)C2)C(=O)N1. The molecule has 1 aromatic heterocycles. The maximum atomic E-state index is 12.6. The molecule has 1 atom stereocenters. The van der Waals surface area contributed by atoms with E-state index in [2.05, 4.69) is 25.1 Å². The van der Waals surface area contributed by atoms with Crippen molar-refractivity contribution < 1.29 is 14.4 Å². The summed E-state index contributed by atoms with van der Waals surface area (Å²) < 4.78 is 0. The normalized spacial score (nSPS) is 26.6. The van der Waals surface area contributed by atoms with E-state index < -0.39 is 5.41 Å². The van der Waals surface area contributed by atoms with Gasteiger partial charge in [-0.1, -0.05) is 0 Å². The molecule has 0 radical (unpaired) electrons. The second kappa shape index (κ2) is 6.64. The van der Waals surface area contributed by atoms with Gasteiger partial charge in [-0.2, -0.15) is 0 Å². The van der Waals surface area contributed by atoms with Crippen molar-refractivity contribution >= 4 is 23.7 Å². The van der Waals surface area contributed by atoms with E-state index >= 15 is 0 Å². The molecule has 4 heterocycles. The molecule has 3 aliphatic rings. The number of piperazine rings is 1. The monoisotopic (exact) mass is 358 g/mol. The van der Waals surface area contributed by atoms with E-state index in [4.69, 9.17) is 0 Å². The van der Waals surface area contributed by atoms with Crippen molar-refractivity contribution in [3.8, 4) is 0 Å². The summed E-state index contributed by atoms with van der Waals surface area (Å²) in [7, 11) is 0. The second-order valence-corrected chi connectivity index (χ2v) is 7.21. The minimum atomic E-state index is -0.698. The molecule has 0 aliphatic carbocycles. The molecule has 3 saturated heterocycles. The highest BCUT2D eigenvalue weighted by molar-refractivity contribution is 6.06. The van der Waals surface area contributed by atoms with Crippen LogP contribution in [0.5, 0.6) is 0 Å². The average molecular weight is 358 g/mol. The Morgan fingerprint density at radius 3 is 2.50 bits per heavy atom. The molecule has 1 N–H and O–H groups in total. The van der Waals surface area contributed by atoms with Crippen LogP contribution in [0.2, 0.25) is 0 Å². The maximum Gasteiger partial charge on any atom is 0.236 e. The lowest BCUT2D eigenvalue weighted by Crippen LogP contribution is -2.50. The van der Waals surface area contributed by atoms with Crippen LogP contribution in [-0.2, 0) is 14.4 Å². The first-order valence-corrected chi connectivity index (χ1v) is 8.92. The molecular weight excluding hydrogens is 336 g/mol. The van der Waals surface area contributed by atoms with E-state index in [1.165, 1.54) is 0 Å². The average Bonchev–Trinajstić information content (AvgIpc) is 3.20. The van der Waals surface area contributed by atoms with E-state index in [0.29, 0.717) is 26.1 Å². The van der Waals surface area contributed by atoms with Crippen LogP contribution < -0.4 is 10.2 Å². The van der Waals surface area contributed by atoms with Crippen molar-refractivity contribution in [2.75, 3.05) is 50.7 Å². The van der Waals surface area contributed by atoms with Gasteiger partial charge in [0.15, 0.2) is 0 Å². The van der Waals surface area contributed by atoms with Crippen LogP contribution in [0.3, 0.4) is 0 Å². The number of likely N-dealkylation sites (tertiary alicyclic amines) is 1. The third-order valence-corrected chi connectivity index (χ3v) is 5.51. The smallest absolute Gasteiger partial charge is 0.236 e. The Hall–Kier alpha value is -2.55. The standard InChI is InChI=1S/C17H22N6O3/c24-13-10-17(15(26)20-13)2-5-23(12-17)14(25)11-21-6-8-22(9-7-21)16-18-3-1-4-19-16/h1,3-4H,2,5-12H2,(H,20,24,26)/t17-/m0/s1. The number of carbonyl (C=O) groups is 3. The number of anilines is 1. The van der Waals surface area contributed by atoms with Crippen LogP contribution in [0.25, 0.3) is 0 Å². The summed E-state index contributed by atoms with van der Waals surface area (Å²) in [6, 6.07) is 1.79. The van der Waals surface area contributed by atoms with E-state index in [-0.39, 0.29) is 24.1 Å². The molecule has 9 heteroatoms.